The highest BCUT2D eigenvalue weighted by Gasteiger charge is 2.17. The summed E-state index contributed by atoms with van der Waals surface area (Å²) in [4.78, 5) is 12.4. The van der Waals surface area contributed by atoms with E-state index in [4.69, 9.17) is 4.74 Å². The summed E-state index contributed by atoms with van der Waals surface area (Å²) in [6, 6.07) is 5.67. The molecule has 0 bridgehead atoms. The van der Waals surface area contributed by atoms with Gasteiger partial charge in [0.2, 0.25) is 0 Å². The molecule has 0 aliphatic heterocycles. The monoisotopic (exact) mass is 314 g/mol. The van der Waals surface area contributed by atoms with Gasteiger partial charge in [-0.2, -0.15) is 0 Å². The van der Waals surface area contributed by atoms with Gasteiger partial charge in [0.05, 0.1) is 12.7 Å². The SMILES string of the molecule is COc1c(C(=O)/C=C/c2ccc(O)cc2O)cc(C)c(O)c1C. The summed E-state index contributed by atoms with van der Waals surface area (Å²) >= 11 is 0. The topological polar surface area (TPSA) is 87.0 Å². The van der Waals surface area contributed by atoms with E-state index < -0.39 is 0 Å². The fourth-order valence-corrected chi connectivity index (χ4v) is 2.33. The quantitative estimate of drug-likeness (QED) is 0.595. The van der Waals surface area contributed by atoms with Gasteiger partial charge in [-0.05, 0) is 49.8 Å². The number of hydrogen-bond acceptors (Lipinski definition) is 5. The second-order valence-electron chi connectivity index (χ2n) is 5.19. The number of hydrogen-bond donors (Lipinski definition) is 3. The van der Waals surface area contributed by atoms with E-state index in [9.17, 15) is 20.1 Å². The van der Waals surface area contributed by atoms with E-state index in [2.05, 4.69) is 0 Å². The summed E-state index contributed by atoms with van der Waals surface area (Å²) in [6.07, 6.45) is 2.76. The minimum absolute atomic E-state index is 0.0579. The van der Waals surface area contributed by atoms with Gasteiger partial charge in [-0.15, -0.1) is 0 Å². The Kier molecular flexibility index (Phi) is 4.60. The average molecular weight is 314 g/mol. The highest BCUT2D eigenvalue weighted by molar-refractivity contribution is 6.09. The third kappa shape index (κ3) is 3.29. The summed E-state index contributed by atoms with van der Waals surface area (Å²) in [7, 11) is 1.43. The van der Waals surface area contributed by atoms with Crippen molar-refractivity contribution in [2.24, 2.45) is 0 Å². The maximum Gasteiger partial charge on any atom is 0.189 e. The number of allylic oxidation sites excluding steroid dienone is 1. The van der Waals surface area contributed by atoms with Crippen LogP contribution in [0, 0.1) is 13.8 Å². The van der Waals surface area contributed by atoms with Crippen molar-refractivity contribution in [1.82, 2.24) is 0 Å². The molecule has 2 rings (SSSR count). The van der Waals surface area contributed by atoms with Crippen LogP contribution in [0.4, 0.5) is 0 Å². The molecule has 0 saturated heterocycles. The first-order valence-corrected chi connectivity index (χ1v) is 6.96. The van der Waals surface area contributed by atoms with Crippen molar-refractivity contribution in [1.29, 1.82) is 0 Å². The summed E-state index contributed by atoms with van der Waals surface area (Å²) in [5.74, 6) is -0.0896. The molecule has 0 amide bonds. The van der Waals surface area contributed by atoms with Crippen molar-refractivity contribution in [3.05, 3.63) is 52.6 Å². The number of methoxy groups -OCH3 is 1. The van der Waals surface area contributed by atoms with Crippen LogP contribution < -0.4 is 4.74 Å². The van der Waals surface area contributed by atoms with Crippen LogP contribution in [0.2, 0.25) is 0 Å². The lowest BCUT2D eigenvalue weighted by molar-refractivity contribution is 0.104. The molecule has 2 aromatic rings. The van der Waals surface area contributed by atoms with Crippen molar-refractivity contribution in [2.45, 2.75) is 13.8 Å². The largest absolute Gasteiger partial charge is 0.508 e. The predicted octanol–water partition coefficient (Wildman–Crippen LogP) is 3.32. The van der Waals surface area contributed by atoms with Crippen molar-refractivity contribution < 1.29 is 24.9 Å². The molecule has 0 atom stereocenters. The van der Waals surface area contributed by atoms with Crippen LogP contribution in [0.5, 0.6) is 23.0 Å². The normalized spacial score (nSPS) is 10.9. The van der Waals surface area contributed by atoms with E-state index in [0.29, 0.717) is 28.0 Å². The highest BCUT2D eigenvalue weighted by Crippen LogP contribution is 2.34. The molecule has 0 heterocycles. The molecule has 0 saturated carbocycles. The molecule has 0 aromatic heterocycles. The van der Waals surface area contributed by atoms with E-state index in [-0.39, 0.29) is 23.0 Å². The highest BCUT2D eigenvalue weighted by atomic mass is 16.5. The summed E-state index contributed by atoms with van der Waals surface area (Å²) in [5, 5.41) is 28.9. The fraction of sp³-hybridized carbons (Fsp3) is 0.167. The van der Waals surface area contributed by atoms with Gasteiger partial charge < -0.3 is 20.1 Å². The van der Waals surface area contributed by atoms with Gasteiger partial charge in [0.25, 0.3) is 0 Å². The third-order valence-corrected chi connectivity index (χ3v) is 3.57. The number of ketones is 1. The number of rotatable bonds is 4. The second kappa shape index (κ2) is 6.44. The maximum atomic E-state index is 12.4. The summed E-state index contributed by atoms with van der Waals surface area (Å²) < 4.78 is 5.23. The predicted molar refractivity (Wildman–Crippen MR) is 87.3 cm³/mol. The van der Waals surface area contributed by atoms with Crippen LogP contribution in [0.3, 0.4) is 0 Å². The number of aromatic hydroxyl groups is 3. The number of phenolic OH excluding ortho intramolecular Hbond substituents is 3. The van der Waals surface area contributed by atoms with Crippen LogP contribution in [0.15, 0.2) is 30.3 Å². The minimum atomic E-state index is -0.319. The van der Waals surface area contributed by atoms with Crippen LogP contribution >= 0.6 is 0 Å². The molecule has 5 heteroatoms. The Bertz CT molecular complexity index is 790. The molecule has 0 fully saturated rings. The van der Waals surface area contributed by atoms with E-state index >= 15 is 0 Å². The van der Waals surface area contributed by atoms with Gasteiger partial charge in [-0.25, -0.2) is 0 Å². The van der Waals surface area contributed by atoms with Gasteiger partial charge in [0.15, 0.2) is 5.78 Å². The molecule has 0 unspecified atom stereocenters. The first-order valence-electron chi connectivity index (χ1n) is 6.96. The minimum Gasteiger partial charge on any atom is -0.508 e. The molecule has 0 radical (unpaired) electrons. The standard InChI is InChI=1S/C18H18O5/c1-10-8-14(18(23-3)11(2)17(10)22)15(20)7-5-12-4-6-13(19)9-16(12)21/h4-9,19,21-22H,1-3H3/b7-5+. The van der Waals surface area contributed by atoms with E-state index in [1.54, 1.807) is 19.9 Å². The molecule has 23 heavy (non-hydrogen) atoms. The van der Waals surface area contributed by atoms with Gasteiger partial charge in [0.1, 0.15) is 23.0 Å². The van der Waals surface area contributed by atoms with Gasteiger partial charge in [-0.3, -0.25) is 4.79 Å². The molecule has 0 aliphatic carbocycles. The lowest BCUT2D eigenvalue weighted by Gasteiger charge is -2.13. The Labute approximate surface area is 134 Å². The van der Waals surface area contributed by atoms with Crippen molar-refractivity contribution in [2.75, 3.05) is 7.11 Å². The maximum absolute atomic E-state index is 12.4. The average Bonchev–Trinajstić information content (AvgIpc) is 2.51. The smallest absolute Gasteiger partial charge is 0.189 e. The molecule has 2 aromatic carbocycles. The molecule has 0 aliphatic rings. The summed E-state index contributed by atoms with van der Waals surface area (Å²) in [6.45, 7) is 3.38. The van der Waals surface area contributed by atoms with Crippen molar-refractivity contribution >= 4 is 11.9 Å². The number of carbonyl (C=O) groups is 1. The van der Waals surface area contributed by atoms with E-state index in [1.807, 2.05) is 0 Å². The second-order valence-corrected chi connectivity index (χ2v) is 5.19. The zero-order valence-electron chi connectivity index (χ0n) is 13.1. The first kappa shape index (κ1) is 16.4. The molecular weight excluding hydrogens is 296 g/mol. The zero-order chi connectivity index (χ0) is 17.1. The van der Waals surface area contributed by atoms with Crippen molar-refractivity contribution in [3.63, 3.8) is 0 Å². The number of carbonyl (C=O) groups excluding carboxylic acids is 1. The van der Waals surface area contributed by atoms with E-state index in [0.717, 1.165) is 0 Å². The van der Waals surface area contributed by atoms with Crippen LogP contribution in [0.1, 0.15) is 27.0 Å². The zero-order valence-corrected chi connectivity index (χ0v) is 13.1. The fourth-order valence-electron chi connectivity index (χ4n) is 2.33. The van der Waals surface area contributed by atoms with Crippen LogP contribution in [0.25, 0.3) is 6.08 Å². The molecular formula is C18H18O5. The first-order chi connectivity index (χ1) is 10.8. The Morgan fingerprint density at radius 3 is 2.43 bits per heavy atom. The van der Waals surface area contributed by atoms with Gasteiger partial charge in [-0.1, -0.05) is 0 Å². The number of benzene rings is 2. The van der Waals surface area contributed by atoms with Crippen LogP contribution in [-0.4, -0.2) is 28.2 Å². The Morgan fingerprint density at radius 2 is 1.83 bits per heavy atom. The van der Waals surface area contributed by atoms with Gasteiger partial charge in [0, 0.05) is 17.2 Å². The van der Waals surface area contributed by atoms with Gasteiger partial charge >= 0.3 is 0 Å². The molecule has 5 nitrogen and oxygen atoms in total. The van der Waals surface area contributed by atoms with Crippen LogP contribution in [-0.2, 0) is 0 Å². The third-order valence-electron chi connectivity index (χ3n) is 3.57. The number of aryl methyl sites for hydroxylation is 1. The molecule has 3 N–H and O–H groups in total. The Balaban J connectivity index is 2.39. The number of phenols is 3. The lowest BCUT2D eigenvalue weighted by Crippen LogP contribution is -2.02. The van der Waals surface area contributed by atoms with E-state index in [1.165, 1.54) is 37.5 Å². The van der Waals surface area contributed by atoms with Crippen molar-refractivity contribution in [3.8, 4) is 23.0 Å². The number of ether oxygens (including phenoxy) is 1. The lowest BCUT2D eigenvalue weighted by atomic mass is 10.00. The molecule has 120 valence electrons. The Morgan fingerprint density at radius 1 is 1.13 bits per heavy atom. The molecule has 0 spiro atoms. The summed E-state index contributed by atoms with van der Waals surface area (Å²) in [5.41, 5.74) is 1.81. The Hall–Kier alpha value is -2.95.